The van der Waals surface area contributed by atoms with Gasteiger partial charge in [0, 0.05) is 34.0 Å². The number of rotatable bonds is 5. The van der Waals surface area contributed by atoms with Crippen LogP contribution in [0.25, 0.3) is 0 Å². The Balaban J connectivity index is 2.38. The first-order valence-electron chi connectivity index (χ1n) is 4.49. The van der Waals surface area contributed by atoms with Gasteiger partial charge < -0.3 is 4.90 Å². The minimum absolute atomic E-state index is 1.02. The third kappa shape index (κ3) is 3.59. The van der Waals surface area contributed by atoms with Crippen molar-refractivity contribution in [3.05, 3.63) is 15.8 Å². The summed E-state index contributed by atoms with van der Waals surface area (Å²) in [6.45, 7) is 5.36. The van der Waals surface area contributed by atoms with Gasteiger partial charge in [-0.05, 0) is 19.9 Å². The van der Waals surface area contributed by atoms with Crippen LogP contribution >= 0.6 is 35.3 Å². The van der Waals surface area contributed by atoms with Crippen LogP contribution in [0.2, 0.25) is 0 Å². The van der Waals surface area contributed by atoms with Gasteiger partial charge in [-0.1, -0.05) is 12.2 Å². The molecular formula is C10H15NS3. The van der Waals surface area contributed by atoms with E-state index in [1.165, 1.54) is 14.6 Å². The van der Waals surface area contributed by atoms with E-state index in [1.807, 2.05) is 35.0 Å². The lowest BCUT2D eigenvalue weighted by Crippen LogP contribution is -2.17. The molecule has 0 aliphatic heterocycles. The molecule has 1 rings (SSSR count). The van der Waals surface area contributed by atoms with Crippen molar-refractivity contribution < 1.29 is 0 Å². The van der Waals surface area contributed by atoms with Gasteiger partial charge in [0.25, 0.3) is 0 Å². The zero-order valence-electron chi connectivity index (χ0n) is 8.74. The van der Waals surface area contributed by atoms with Gasteiger partial charge in [-0.2, -0.15) is 0 Å². The van der Waals surface area contributed by atoms with Crippen molar-refractivity contribution >= 4 is 40.8 Å². The van der Waals surface area contributed by atoms with Gasteiger partial charge in [0.1, 0.15) is 0 Å². The van der Waals surface area contributed by atoms with Crippen LogP contribution in [-0.4, -0.2) is 29.7 Å². The maximum absolute atomic E-state index is 4.83. The molecule has 0 N–H and O–H groups in total. The molecule has 0 bridgehead atoms. The Labute approximate surface area is 99.5 Å². The number of thiocarbonyl (C=S) groups is 1. The third-order valence-electron chi connectivity index (χ3n) is 1.88. The molecule has 0 fully saturated rings. The van der Waals surface area contributed by atoms with E-state index in [1.54, 1.807) is 5.49 Å². The minimum atomic E-state index is 1.02. The van der Waals surface area contributed by atoms with Gasteiger partial charge in [0.15, 0.2) is 0 Å². The molecule has 1 nitrogen and oxygen atoms in total. The number of nitrogens with zero attached hydrogens (tertiary/aromatic N) is 1. The van der Waals surface area contributed by atoms with Crippen molar-refractivity contribution in [3.63, 3.8) is 0 Å². The van der Waals surface area contributed by atoms with E-state index in [0.29, 0.717) is 0 Å². The number of thioether (sulfide) groups is 1. The summed E-state index contributed by atoms with van der Waals surface area (Å²) in [5.41, 5.74) is 1.70. The number of hydrogen-bond donors (Lipinski definition) is 0. The van der Waals surface area contributed by atoms with Crippen LogP contribution in [0.4, 0.5) is 0 Å². The molecule has 1 aromatic rings. The van der Waals surface area contributed by atoms with Gasteiger partial charge in [0.2, 0.25) is 0 Å². The SMILES string of the molecule is Cc1cc(SCCN(C)C=S)c(C)s1. The van der Waals surface area contributed by atoms with Crippen molar-refractivity contribution in [1.82, 2.24) is 4.90 Å². The van der Waals surface area contributed by atoms with Crippen LogP contribution < -0.4 is 0 Å². The Morgan fingerprint density at radius 2 is 2.29 bits per heavy atom. The zero-order chi connectivity index (χ0) is 10.6. The Morgan fingerprint density at radius 3 is 2.79 bits per heavy atom. The maximum Gasteiger partial charge on any atom is 0.0638 e. The highest BCUT2D eigenvalue weighted by Gasteiger charge is 2.03. The van der Waals surface area contributed by atoms with E-state index in [9.17, 15) is 0 Å². The van der Waals surface area contributed by atoms with E-state index >= 15 is 0 Å². The number of hydrogen-bond acceptors (Lipinski definition) is 3. The van der Waals surface area contributed by atoms with Crippen LogP contribution in [-0.2, 0) is 0 Å². The monoisotopic (exact) mass is 245 g/mol. The highest BCUT2D eigenvalue weighted by molar-refractivity contribution is 7.99. The zero-order valence-corrected chi connectivity index (χ0v) is 11.2. The van der Waals surface area contributed by atoms with Crippen molar-refractivity contribution in [1.29, 1.82) is 0 Å². The van der Waals surface area contributed by atoms with Crippen molar-refractivity contribution in [3.8, 4) is 0 Å². The predicted octanol–water partition coefficient (Wildman–Crippen LogP) is 3.35. The van der Waals surface area contributed by atoms with Crippen molar-refractivity contribution in [2.45, 2.75) is 18.7 Å². The number of thiophene rings is 1. The molecule has 4 heteroatoms. The predicted molar refractivity (Wildman–Crippen MR) is 70.8 cm³/mol. The van der Waals surface area contributed by atoms with Crippen molar-refractivity contribution in [2.75, 3.05) is 19.3 Å². The van der Waals surface area contributed by atoms with Gasteiger partial charge in [-0.25, -0.2) is 0 Å². The summed E-state index contributed by atoms with van der Waals surface area (Å²) in [6, 6.07) is 2.27. The molecule has 0 spiro atoms. The first-order valence-corrected chi connectivity index (χ1v) is 6.76. The quantitative estimate of drug-likeness (QED) is 0.578. The van der Waals surface area contributed by atoms with Crippen LogP contribution in [0.15, 0.2) is 11.0 Å². The van der Waals surface area contributed by atoms with Crippen LogP contribution in [0.1, 0.15) is 9.75 Å². The largest absolute Gasteiger partial charge is 0.371 e. The lowest BCUT2D eigenvalue weighted by molar-refractivity contribution is 0.565. The summed E-state index contributed by atoms with van der Waals surface area (Å²) in [5, 5.41) is 0. The van der Waals surface area contributed by atoms with Crippen molar-refractivity contribution in [2.24, 2.45) is 0 Å². The Morgan fingerprint density at radius 1 is 1.57 bits per heavy atom. The fourth-order valence-electron chi connectivity index (χ4n) is 1.10. The molecule has 14 heavy (non-hydrogen) atoms. The van der Waals surface area contributed by atoms with Gasteiger partial charge in [-0.3, -0.25) is 0 Å². The molecule has 0 saturated heterocycles. The second-order valence-corrected chi connectivity index (χ2v) is 6.02. The molecular weight excluding hydrogens is 230 g/mol. The van der Waals surface area contributed by atoms with Gasteiger partial charge >= 0.3 is 0 Å². The molecule has 0 atom stereocenters. The van der Waals surface area contributed by atoms with E-state index in [0.717, 1.165) is 12.3 Å². The van der Waals surface area contributed by atoms with Gasteiger partial charge in [-0.15, -0.1) is 23.1 Å². The molecule has 1 aromatic heterocycles. The molecule has 0 aliphatic carbocycles. The Kier molecular flexibility index (Phi) is 4.92. The summed E-state index contributed by atoms with van der Waals surface area (Å²) in [5.74, 6) is 1.10. The summed E-state index contributed by atoms with van der Waals surface area (Å²) < 4.78 is 0. The molecule has 0 aliphatic rings. The van der Waals surface area contributed by atoms with Gasteiger partial charge in [0.05, 0.1) is 5.49 Å². The Bertz CT molecular complexity index is 306. The minimum Gasteiger partial charge on any atom is -0.371 e. The average molecular weight is 245 g/mol. The Hall–Kier alpha value is -0.0600. The second-order valence-electron chi connectivity index (χ2n) is 3.21. The molecule has 0 saturated carbocycles. The van der Waals surface area contributed by atoms with Crippen LogP contribution in [0, 0.1) is 13.8 Å². The van der Waals surface area contributed by atoms with E-state index < -0.39 is 0 Å². The fraction of sp³-hybridized carbons (Fsp3) is 0.500. The normalized spacial score (nSPS) is 10.2. The first kappa shape index (κ1) is 12.0. The molecule has 78 valence electrons. The van der Waals surface area contributed by atoms with Crippen LogP contribution in [0.5, 0.6) is 0 Å². The summed E-state index contributed by atoms with van der Waals surface area (Å²) >= 11 is 8.61. The smallest absolute Gasteiger partial charge is 0.0638 e. The first-order chi connectivity index (χ1) is 6.63. The lowest BCUT2D eigenvalue weighted by atomic mass is 10.4. The molecule has 0 aromatic carbocycles. The summed E-state index contributed by atoms with van der Waals surface area (Å²) in [6.07, 6.45) is 0. The van der Waals surface area contributed by atoms with E-state index in [4.69, 9.17) is 12.2 Å². The maximum atomic E-state index is 4.83. The van der Waals surface area contributed by atoms with E-state index in [2.05, 4.69) is 19.9 Å². The third-order valence-corrected chi connectivity index (χ3v) is 4.45. The molecule has 0 radical (unpaired) electrons. The summed E-state index contributed by atoms with van der Waals surface area (Å²) in [7, 11) is 2.01. The second kappa shape index (κ2) is 5.73. The lowest BCUT2D eigenvalue weighted by Gasteiger charge is -2.10. The fourth-order valence-corrected chi connectivity index (χ4v) is 3.47. The molecule has 0 unspecified atom stereocenters. The standard InChI is InChI=1S/C10H15NS3/c1-8-6-10(9(2)14-8)13-5-4-11(3)7-12/h6-7H,4-5H2,1-3H3. The van der Waals surface area contributed by atoms with E-state index in [-0.39, 0.29) is 0 Å². The highest BCUT2D eigenvalue weighted by atomic mass is 32.2. The highest BCUT2D eigenvalue weighted by Crippen LogP contribution is 2.29. The average Bonchev–Trinajstić information content (AvgIpc) is 2.45. The molecule has 0 amide bonds. The molecule has 1 heterocycles. The summed E-state index contributed by atoms with van der Waals surface area (Å²) in [4.78, 5) is 6.28. The topological polar surface area (TPSA) is 3.24 Å². The number of aryl methyl sites for hydroxylation is 2. The van der Waals surface area contributed by atoms with Crippen LogP contribution in [0.3, 0.4) is 0 Å².